The molecule has 0 unspecified atom stereocenters. The Kier molecular flexibility index (Phi) is 3.23. The van der Waals surface area contributed by atoms with Crippen LogP contribution in [-0.2, 0) is 6.42 Å². The van der Waals surface area contributed by atoms with E-state index in [1.807, 2.05) is 30.6 Å². The molecule has 2 aromatic rings. The first-order chi connectivity index (χ1) is 7.45. The number of allylic oxidation sites excluding steroid dienone is 1. The topological polar surface area (TPSA) is 25.8 Å². The van der Waals surface area contributed by atoms with Crippen LogP contribution < -0.4 is 0 Å². The van der Waals surface area contributed by atoms with Crippen molar-refractivity contribution in [1.29, 1.82) is 0 Å². The fraction of sp³-hybridized carbons (Fsp3) is 0.0769. The number of nitrogens with zero attached hydrogens (tertiary/aromatic N) is 2. The monoisotopic (exact) mass is 196 g/mol. The lowest BCUT2D eigenvalue weighted by Crippen LogP contribution is -1.81. The van der Waals surface area contributed by atoms with Crippen LogP contribution in [0.5, 0.6) is 0 Å². The lowest BCUT2D eigenvalue weighted by Gasteiger charge is -1.94. The normalized spacial score (nSPS) is 10.7. The minimum atomic E-state index is 0.905. The summed E-state index contributed by atoms with van der Waals surface area (Å²) < 4.78 is 0. The van der Waals surface area contributed by atoms with Gasteiger partial charge in [-0.25, -0.2) is 0 Å². The van der Waals surface area contributed by atoms with Gasteiger partial charge in [0.05, 0.1) is 0 Å². The van der Waals surface area contributed by atoms with Gasteiger partial charge in [0.2, 0.25) is 0 Å². The highest BCUT2D eigenvalue weighted by molar-refractivity contribution is 5.47. The summed E-state index contributed by atoms with van der Waals surface area (Å²) in [4.78, 5) is 8.11. The van der Waals surface area contributed by atoms with Gasteiger partial charge in [-0.1, -0.05) is 24.3 Å². The zero-order valence-electron chi connectivity index (χ0n) is 8.38. The maximum absolute atomic E-state index is 4.06. The van der Waals surface area contributed by atoms with Crippen LogP contribution >= 0.6 is 0 Å². The lowest BCUT2D eigenvalue weighted by atomic mass is 10.2. The van der Waals surface area contributed by atoms with Gasteiger partial charge in [0.15, 0.2) is 0 Å². The predicted octanol–water partition coefficient (Wildman–Crippen LogP) is 2.73. The van der Waals surface area contributed by atoms with Crippen molar-refractivity contribution < 1.29 is 0 Å². The molecule has 15 heavy (non-hydrogen) atoms. The predicted molar refractivity (Wildman–Crippen MR) is 61.2 cm³/mol. The largest absolute Gasteiger partial charge is 0.264 e. The lowest BCUT2D eigenvalue weighted by molar-refractivity contribution is 1.19. The Morgan fingerprint density at radius 1 is 1.00 bits per heavy atom. The first-order valence-electron chi connectivity index (χ1n) is 4.90. The molecule has 0 N–H and O–H groups in total. The molecule has 0 saturated carbocycles. The molecule has 0 fully saturated rings. The van der Waals surface area contributed by atoms with Gasteiger partial charge < -0.3 is 0 Å². The molecule has 0 aliphatic carbocycles. The molecular weight excluding hydrogens is 184 g/mol. The van der Waals surface area contributed by atoms with Crippen LogP contribution in [0.4, 0.5) is 0 Å². The van der Waals surface area contributed by atoms with E-state index in [0.717, 1.165) is 12.0 Å². The van der Waals surface area contributed by atoms with Crippen LogP contribution in [-0.4, -0.2) is 9.97 Å². The SMILES string of the molecule is C(=Cc1cccnc1)Cc1cccnc1. The minimum Gasteiger partial charge on any atom is -0.264 e. The molecule has 0 spiro atoms. The first kappa shape index (κ1) is 9.59. The Bertz CT molecular complexity index is 421. The van der Waals surface area contributed by atoms with Gasteiger partial charge in [-0.15, -0.1) is 0 Å². The fourth-order valence-electron chi connectivity index (χ4n) is 1.32. The average Bonchev–Trinajstić information content (AvgIpc) is 2.32. The third kappa shape index (κ3) is 3.02. The molecule has 0 aliphatic heterocycles. The highest BCUT2D eigenvalue weighted by Gasteiger charge is 1.87. The van der Waals surface area contributed by atoms with Crippen LogP contribution in [0.2, 0.25) is 0 Å². The average molecular weight is 196 g/mol. The van der Waals surface area contributed by atoms with E-state index < -0.39 is 0 Å². The van der Waals surface area contributed by atoms with E-state index in [-0.39, 0.29) is 0 Å². The van der Waals surface area contributed by atoms with E-state index in [9.17, 15) is 0 Å². The van der Waals surface area contributed by atoms with Crippen molar-refractivity contribution in [3.8, 4) is 0 Å². The molecule has 0 bridgehead atoms. The van der Waals surface area contributed by atoms with Crippen LogP contribution in [0.15, 0.2) is 55.1 Å². The highest BCUT2D eigenvalue weighted by atomic mass is 14.6. The van der Waals surface area contributed by atoms with Crippen molar-refractivity contribution in [2.24, 2.45) is 0 Å². The van der Waals surface area contributed by atoms with Gasteiger partial charge in [0, 0.05) is 24.8 Å². The van der Waals surface area contributed by atoms with Crippen LogP contribution in [0, 0.1) is 0 Å². The second kappa shape index (κ2) is 5.05. The van der Waals surface area contributed by atoms with E-state index >= 15 is 0 Å². The van der Waals surface area contributed by atoms with Gasteiger partial charge in [0.1, 0.15) is 0 Å². The highest BCUT2D eigenvalue weighted by Crippen LogP contribution is 2.02. The second-order valence-corrected chi connectivity index (χ2v) is 3.25. The third-order valence-corrected chi connectivity index (χ3v) is 2.07. The molecule has 2 aromatic heterocycles. The van der Waals surface area contributed by atoms with E-state index in [2.05, 4.69) is 28.2 Å². The maximum atomic E-state index is 4.06. The van der Waals surface area contributed by atoms with Crippen molar-refractivity contribution in [3.05, 3.63) is 66.3 Å². The van der Waals surface area contributed by atoms with Crippen molar-refractivity contribution in [2.75, 3.05) is 0 Å². The van der Waals surface area contributed by atoms with Crippen molar-refractivity contribution in [3.63, 3.8) is 0 Å². The van der Waals surface area contributed by atoms with Crippen LogP contribution in [0.3, 0.4) is 0 Å². The Balaban J connectivity index is 1.97. The second-order valence-electron chi connectivity index (χ2n) is 3.25. The van der Waals surface area contributed by atoms with Crippen molar-refractivity contribution in [1.82, 2.24) is 9.97 Å². The fourth-order valence-corrected chi connectivity index (χ4v) is 1.32. The molecule has 0 atom stereocenters. The molecule has 0 radical (unpaired) electrons. The number of rotatable bonds is 3. The third-order valence-electron chi connectivity index (χ3n) is 2.07. The molecule has 0 amide bonds. The number of hydrogen-bond donors (Lipinski definition) is 0. The molecule has 74 valence electrons. The number of aromatic nitrogens is 2. The number of pyridine rings is 2. The Morgan fingerprint density at radius 2 is 1.80 bits per heavy atom. The summed E-state index contributed by atoms with van der Waals surface area (Å²) in [6, 6.07) is 7.99. The van der Waals surface area contributed by atoms with Crippen molar-refractivity contribution in [2.45, 2.75) is 6.42 Å². The van der Waals surface area contributed by atoms with Gasteiger partial charge >= 0.3 is 0 Å². The first-order valence-corrected chi connectivity index (χ1v) is 4.90. The standard InChI is InChI=1S/C13H12N2/c1(4-12-6-2-8-14-10-12)5-13-7-3-9-15-11-13/h1-4,6-11H,5H2. The van der Waals surface area contributed by atoms with E-state index in [4.69, 9.17) is 0 Å². The molecule has 2 nitrogen and oxygen atoms in total. The Hall–Kier alpha value is -1.96. The van der Waals surface area contributed by atoms with Crippen LogP contribution in [0.1, 0.15) is 11.1 Å². The quantitative estimate of drug-likeness (QED) is 0.754. The minimum absolute atomic E-state index is 0.905. The Morgan fingerprint density at radius 3 is 2.47 bits per heavy atom. The summed E-state index contributed by atoms with van der Waals surface area (Å²) in [6.07, 6.45) is 12.4. The number of hydrogen-bond acceptors (Lipinski definition) is 2. The van der Waals surface area contributed by atoms with Crippen molar-refractivity contribution >= 4 is 6.08 Å². The molecule has 0 aromatic carbocycles. The van der Waals surface area contributed by atoms with E-state index in [0.29, 0.717) is 0 Å². The van der Waals surface area contributed by atoms with Gasteiger partial charge in [0.25, 0.3) is 0 Å². The summed E-state index contributed by atoms with van der Waals surface area (Å²) in [5.41, 5.74) is 2.35. The molecular formula is C13H12N2. The summed E-state index contributed by atoms with van der Waals surface area (Å²) >= 11 is 0. The summed E-state index contributed by atoms with van der Waals surface area (Å²) in [5.74, 6) is 0. The molecule has 0 saturated heterocycles. The van der Waals surface area contributed by atoms with Gasteiger partial charge in [-0.05, 0) is 29.7 Å². The van der Waals surface area contributed by atoms with E-state index in [1.54, 1.807) is 12.4 Å². The summed E-state index contributed by atoms with van der Waals surface area (Å²) in [6.45, 7) is 0. The molecule has 2 heterocycles. The molecule has 2 heteroatoms. The Labute approximate surface area is 89.3 Å². The summed E-state index contributed by atoms with van der Waals surface area (Å²) in [7, 11) is 0. The molecule has 0 aliphatic rings. The smallest absolute Gasteiger partial charge is 0.0340 e. The maximum Gasteiger partial charge on any atom is 0.0340 e. The van der Waals surface area contributed by atoms with Gasteiger partial charge in [-0.2, -0.15) is 0 Å². The van der Waals surface area contributed by atoms with Gasteiger partial charge in [-0.3, -0.25) is 9.97 Å². The molecule has 2 rings (SSSR count). The summed E-state index contributed by atoms with van der Waals surface area (Å²) in [5, 5.41) is 0. The zero-order valence-corrected chi connectivity index (χ0v) is 8.38. The van der Waals surface area contributed by atoms with E-state index in [1.165, 1.54) is 5.56 Å². The van der Waals surface area contributed by atoms with Crippen LogP contribution in [0.25, 0.3) is 6.08 Å². The zero-order chi connectivity index (χ0) is 10.3.